The molecule has 1 atom stereocenters. The van der Waals surface area contributed by atoms with E-state index in [1.807, 2.05) is 32.4 Å². The molecule has 0 fully saturated rings. The maximum atomic E-state index is 11.6. The molecular weight excluding hydrogens is 216 g/mol. The van der Waals surface area contributed by atoms with Gasteiger partial charge in [0, 0.05) is 11.3 Å². The van der Waals surface area contributed by atoms with Gasteiger partial charge in [0.05, 0.1) is 25.3 Å². The summed E-state index contributed by atoms with van der Waals surface area (Å²) in [6.45, 7) is 12.2. The molecule has 17 heavy (non-hydrogen) atoms. The Kier molecular flexibility index (Phi) is 4.10. The third-order valence-electron chi connectivity index (χ3n) is 2.84. The molecule has 1 heterocycles. The van der Waals surface area contributed by atoms with Gasteiger partial charge in [-0.15, -0.1) is 0 Å². The topological polar surface area (TPSA) is 44.1 Å². The molecule has 1 rings (SSSR count). The van der Waals surface area contributed by atoms with Crippen LogP contribution in [0.2, 0.25) is 0 Å². The summed E-state index contributed by atoms with van der Waals surface area (Å²) < 4.78 is 6.65. The average Bonchev–Trinajstić information content (AvgIpc) is 2.51. The summed E-state index contributed by atoms with van der Waals surface area (Å²) in [5.74, 6) is -0.509. The molecule has 0 saturated carbocycles. The Bertz CT molecular complexity index is 447. The van der Waals surface area contributed by atoms with Gasteiger partial charge in [-0.1, -0.05) is 12.2 Å². The lowest BCUT2D eigenvalue weighted by molar-refractivity contribution is -0.142. The van der Waals surface area contributed by atoms with Crippen molar-refractivity contribution < 1.29 is 9.53 Å². The fourth-order valence-electron chi connectivity index (χ4n) is 2.04. The van der Waals surface area contributed by atoms with Crippen molar-refractivity contribution in [2.24, 2.45) is 0 Å². The minimum atomic E-state index is -0.279. The maximum Gasteiger partial charge on any atom is 0.312 e. The monoisotopic (exact) mass is 236 g/mol. The van der Waals surface area contributed by atoms with E-state index in [4.69, 9.17) is 4.74 Å². The number of nitrogens with zero attached hydrogens (tertiary/aromatic N) is 2. The Balaban J connectivity index is 3.13. The second-order valence-electron chi connectivity index (χ2n) is 4.44. The zero-order valence-electron chi connectivity index (χ0n) is 11.2. The van der Waals surface area contributed by atoms with Crippen LogP contribution in [-0.4, -0.2) is 22.9 Å². The number of rotatable bonds is 4. The molecule has 0 amide bonds. The van der Waals surface area contributed by atoms with Crippen molar-refractivity contribution in [3.8, 4) is 0 Å². The van der Waals surface area contributed by atoms with Crippen LogP contribution >= 0.6 is 0 Å². The molecule has 0 aliphatic heterocycles. The van der Waals surface area contributed by atoms with Gasteiger partial charge >= 0.3 is 5.97 Å². The molecule has 0 aliphatic rings. The van der Waals surface area contributed by atoms with E-state index >= 15 is 0 Å². The minimum absolute atomic E-state index is 0.230. The Hall–Kier alpha value is -1.58. The van der Waals surface area contributed by atoms with E-state index in [0.29, 0.717) is 6.54 Å². The summed E-state index contributed by atoms with van der Waals surface area (Å²) in [4.78, 5) is 11.6. The molecule has 0 spiro atoms. The average molecular weight is 236 g/mol. The smallest absolute Gasteiger partial charge is 0.312 e. The van der Waals surface area contributed by atoms with Crippen LogP contribution in [0.1, 0.15) is 36.7 Å². The van der Waals surface area contributed by atoms with Crippen LogP contribution in [-0.2, 0) is 16.1 Å². The first-order chi connectivity index (χ1) is 7.88. The SMILES string of the molecule is C=C(C)Cn1nc(C)c([C@H](C)C(=O)OC)c1C. The summed E-state index contributed by atoms with van der Waals surface area (Å²) in [7, 11) is 1.40. The fraction of sp³-hybridized carbons (Fsp3) is 0.538. The number of hydrogen-bond acceptors (Lipinski definition) is 3. The lowest BCUT2D eigenvalue weighted by Gasteiger charge is -2.10. The maximum absolute atomic E-state index is 11.6. The van der Waals surface area contributed by atoms with Crippen molar-refractivity contribution in [2.45, 2.75) is 40.2 Å². The number of aryl methyl sites for hydroxylation is 1. The highest BCUT2D eigenvalue weighted by Gasteiger charge is 2.23. The number of ether oxygens (including phenoxy) is 1. The van der Waals surface area contributed by atoms with E-state index in [-0.39, 0.29) is 11.9 Å². The Labute approximate surface area is 102 Å². The van der Waals surface area contributed by atoms with Gasteiger partial charge in [-0.05, 0) is 27.7 Å². The third-order valence-corrected chi connectivity index (χ3v) is 2.84. The van der Waals surface area contributed by atoms with Gasteiger partial charge in [-0.3, -0.25) is 9.48 Å². The van der Waals surface area contributed by atoms with Gasteiger partial charge in [0.15, 0.2) is 0 Å². The van der Waals surface area contributed by atoms with Crippen molar-refractivity contribution in [3.05, 3.63) is 29.1 Å². The normalized spacial score (nSPS) is 12.3. The van der Waals surface area contributed by atoms with Crippen LogP contribution in [0.15, 0.2) is 12.2 Å². The molecule has 4 heteroatoms. The molecule has 1 aromatic heterocycles. The van der Waals surface area contributed by atoms with E-state index in [0.717, 1.165) is 22.5 Å². The van der Waals surface area contributed by atoms with Crippen molar-refractivity contribution in [2.75, 3.05) is 7.11 Å². The zero-order chi connectivity index (χ0) is 13.2. The van der Waals surface area contributed by atoms with Crippen molar-refractivity contribution >= 4 is 5.97 Å². The third kappa shape index (κ3) is 2.75. The summed E-state index contributed by atoms with van der Waals surface area (Å²) in [6.07, 6.45) is 0. The molecule has 0 bridgehead atoms. The van der Waals surface area contributed by atoms with Crippen LogP contribution in [0.3, 0.4) is 0 Å². The van der Waals surface area contributed by atoms with Crippen molar-refractivity contribution in [3.63, 3.8) is 0 Å². The lowest BCUT2D eigenvalue weighted by atomic mass is 9.99. The first-order valence-electron chi connectivity index (χ1n) is 5.64. The molecule has 0 saturated heterocycles. The molecule has 1 aromatic rings. The summed E-state index contributed by atoms with van der Waals surface area (Å²) in [5, 5.41) is 4.44. The van der Waals surface area contributed by atoms with Crippen LogP contribution in [0.5, 0.6) is 0 Å². The zero-order valence-corrected chi connectivity index (χ0v) is 11.2. The molecule has 94 valence electrons. The van der Waals surface area contributed by atoms with Crippen LogP contribution < -0.4 is 0 Å². The highest BCUT2D eigenvalue weighted by molar-refractivity contribution is 5.78. The molecule has 4 nitrogen and oxygen atoms in total. The second-order valence-corrected chi connectivity index (χ2v) is 4.44. The van der Waals surface area contributed by atoms with Crippen LogP contribution in [0.25, 0.3) is 0 Å². The second kappa shape index (κ2) is 5.17. The molecule has 0 radical (unpaired) electrons. The molecule has 0 aromatic carbocycles. The first-order valence-corrected chi connectivity index (χ1v) is 5.64. The predicted molar refractivity (Wildman–Crippen MR) is 66.9 cm³/mol. The number of carbonyl (C=O) groups is 1. The minimum Gasteiger partial charge on any atom is -0.469 e. The van der Waals surface area contributed by atoms with Gasteiger partial charge < -0.3 is 4.74 Å². The fourth-order valence-corrected chi connectivity index (χ4v) is 2.04. The van der Waals surface area contributed by atoms with E-state index in [1.165, 1.54) is 7.11 Å². The molecule has 0 unspecified atom stereocenters. The van der Waals surface area contributed by atoms with Gasteiger partial charge in [-0.2, -0.15) is 5.10 Å². The molecule has 0 N–H and O–H groups in total. The van der Waals surface area contributed by atoms with Gasteiger partial charge in [0.1, 0.15) is 0 Å². The standard InChI is InChI=1S/C13H20N2O2/c1-8(2)7-15-11(5)12(10(4)14-15)9(3)13(16)17-6/h9H,1,7H2,2-6H3/t9-/m0/s1. The number of hydrogen-bond donors (Lipinski definition) is 0. The van der Waals surface area contributed by atoms with E-state index < -0.39 is 0 Å². The predicted octanol–water partition coefficient (Wildman–Crippen LogP) is 2.35. The van der Waals surface area contributed by atoms with Gasteiger partial charge in [0.2, 0.25) is 0 Å². The Morgan fingerprint density at radius 1 is 1.53 bits per heavy atom. The lowest BCUT2D eigenvalue weighted by Crippen LogP contribution is -2.12. The highest BCUT2D eigenvalue weighted by atomic mass is 16.5. The van der Waals surface area contributed by atoms with E-state index in [2.05, 4.69) is 11.7 Å². The summed E-state index contributed by atoms with van der Waals surface area (Å²) in [6, 6.07) is 0. The number of esters is 1. The first kappa shape index (κ1) is 13.5. The molecule has 0 aliphatic carbocycles. The Morgan fingerprint density at radius 2 is 2.12 bits per heavy atom. The number of methoxy groups -OCH3 is 1. The summed E-state index contributed by atoms with van der Waals surface area (Å²) in [5.41, 5.74) is 3.87. The van der Waals surface area contributed by atoms with Crippen molar-refractivity contribution in [1.29, 1.82) is 0 Å². The number of allylic oxidation sites excluding steroid dienone is 1. The number of carbonyl (C=O) groups excluding carboxylic acids is 1. The van der Waals surface area contributed by atoms with Gasteiger partial charge in [0.25, 0.3) is 0 Å². The molecular formula is C13H20N2O2. The van der Waals surface area contributed by atoms with E-state index in [1.54, 1.807) is 0 Å². The summed E-state index contributed by atoms with van der Waals surface area (Å²) >= 11 is 0. The van der Waals surface area contributed by atoms with E-state index in [9.17, 15) is 4.79 Å². The highest BCUT2D eigenvalue weighted by Crippen LogP contribution is 2.24. The van der Waals surface area contributed by atoms with Gasteiger partial charge in [-0.25, -0.2) is 0 Å². The van der Waals surface area contributed by atoms with Crippen LogP contribution in [0, 0.1) is 13.8 Å². The quantitative estimate of drug-likeness (QED) is 0.595. The number of aromatic nitrogens is 2. The Morgan fingerprint density at radius 3 is 2.59 bits per heavy atom. The van der Waals surface area contributed by atoms with Crippen molar-refractivity contribution in [1.82, 2.24) is 9.78 Å². The van der Waals surface area contributed by atoms with Crippen LogP contribution in [0.4, 0.5) is 0 Å². The largest absolute Gasteiger partial charge is 0.469 e.